The first-order chi connectivity index (χ1) is 13.5. The monoisotopic (exact) mass is 424 g/mol. The standard InChI is InChI=1S/C19H21FN2O6S/c1-10(2)16-14(18(23)27-3)13(11-6-8-12(20)9-7-11)15(19(24)28-4)17(21-16)22-29(5,25)26/h6-10H,1-5H3,(H,21,22). The number of sulfonamides is 1. The van der Waals surface area contributed by atoms with Crippen molar-refractivity contribution in [3.05, 3.63) is 46.9 Å². The van der Waals surface area contributed by atoms with E-state index in [1.807, 2.05) is 0 Å². The first kappa shape index (κ1) is 22.3. The van der Waals surface area contributed by atoms with Gasteiger partial charge in [-0.1, -0.05) is 26.0 Å². The summed E-state index contributed by atoms with van der Waals surface area (Å²) in [6, 6.07) is 5.02. The Labute approximate surface area is 168 Å². The SMILES string of the molecule is COC(=O)c1c(NS(C)(=O)=O)nc(C(C)C)c(C(=O)OC)c1-c1ccc(F)cc1. The Balaban J connectivity index is 3.08. The minimum Gasteiger partial charge on any atom is -0.465 e. The molecule has 156 valence electrons. The number of benzene rings is 1. The normalized spacial score (nSPS) is 11.3. The topological polar surface area (TPSA) is 112 Å². The Kier molecular flexibility index (Phi) is 6.58. The lowest BCUT2D eigenvalue weighted by Gasteiger charge is -2.21. The molecule has 0 atom stereocenters. The van der Waals surface area contributed by atoms with Crippen LogP contribution in [0, 0.1) is 5.82 Å². The first-order valence-electron chi connectivity index (χ1n) is 8.48. The third kappa shape index (κ3) is 4.89. The smallest absolute Gasteiger partial charge is 0.342 e. The van der Waals surface area contributed by atoms with Crippen LogP contribution in [0.2, 0.25) is 0 Å². The van der Waals surface area contributed by atoms with Crippen molar-refractivity contribution in [1.82, 2.24) is 4.98 Å². The van der Waals surface area contributed by atoms with Crippen molar-refractivity contribution < 1.29 is 31.9 Å². The zero-order chi connectivity index (χ0) is 21.9. The second kappa shape index (κ2) is 8.56. The predicted octanol–water partition coefficient (Wildman–Crippen LogP) is 2.96. The molecule has 0 radical (unpaired) electrons. The average molecular weight is 424 g/mol. The van der Waals surface area contributed by atoms with E-state index in [2.05, 4.69) is 9.71 Å². The molecule has 0 aliphatic rings. The molecule has 1 aromatic heterocycles. The minimum atomic E-state index is -3.82. The van der Waals surface area contributed by atoms with Crippen LogP contribution in [0.3, 0.4) is 0 Å². The van der Waals surface area contributed by atoms with Crippen molar-refractivity contribution in [1.29, 1.82) is 0 Å². The number of hydrogen-bond donors (Lipinski definition) is 1. The Morgan fingerprint density at radius 1 is 1.03 bits per heavy atom. The van der Waals surface area contributed by atoms with Crippen LogP contribution >= 0.6 is 0 Å². The van der Waals surface area contributed by atoms with Crippen LogP contribution in [0.25, 0.3) is 11.1 Å². The minimum absolute atomic E-state index is 0.0337. The van der Waals surface area contributed by atoms with Crippen LogP contribution in [0.4, 0.5) is 10.2 Å². The van der Waals surface area contributed by atoms with E-state index < -0.39 is 27.8 Å². The summed E-state index contributed by atoms with van der Waals surface area (Å²) in [7, 11) is -1.55. The number of esters is 2. The van der Waals surface area contributed by atoms with E-state index in [0.29, 0.717) is 0 Å². The van der Waals surface area contributed by atoms with Crippen molar-refractivity contribution in [2.24, 2.45) is 0 Å². The fourth-order valence-corrected chi connectivity index (χ4v) is 3.28. The van der Waals surface area contributed by atoms with Crippen molar-refractivity contribution >= 4 is 27.8 Å². The van der Waals surface area contributed by atoms with Crippen LogP contribution in [-0.4, -0.2) is 45.8 Å². The number of methoxy groups -OCH3 is 2. The average Bonchev–Trinajstić information content (AvgIpc) is 2.65. The summed E-state index contributed by atoms with van der Waals surface area (Å²) < 4.78 is 49.1. The highest BCUT2D eigenvalue weighted by molar-refractivity contribution is 7.92. The van der Waals surface area contributed by atoms with E-state index in [1.54, 1.807) is 13.8 Å². The molecular weight excluding hydrogens is 403 g/mol. The largest absolute Gasteiger partial charge is 0.465 e. The molecule has 2 aromatic rings. The summed E-state index contributed by atoms with van der Waals surface area (Å²) in [5.41, 5.74) is 0.208. The van der Waals surface area contributed by atoms with Gasteiger partial charge in [-0.2, -0.15) is 0 Å². The molecule has 0 saturated carbocycles. The van der Waals surface area contributed by atoms with Gasteiger partial charge in [0, 0.05) is 5.56 Å². The number of rotatable bonds is 6. The summed E-state index contributed by atoms with van der Waals surface area (Å²) in [4.78, 5) is 29.5. The highest BCUT2D eigenvalue weighted by atomic mass is 32.2. The zero-order valence-corrected chi connectivity index (χ0v) is 17.4. The van der Waals surface area contributed by atoms with Gasteiger partial charge in [0.05, 0.1) is 31.7 Å². The summed E-state index contributed by atoms with van der Waals surface area (Å²) >= 11 is 0. The highest BCUT2D eigenvalue weighted by Gasteiger charge is 2.31. The van der Waals surface area contributed by atoms with Crippen molar-refractivity contribution in [3.63, 3.8) is 0 Å². The van der Waals surface area contributed by atoms with E-state index in [0.717, 1.165) is 25.5 Å². The second-order valence-electron chi connectivity index (χ2n) is 6.49. The number of pyridine rings is 1. The number of carbonyl (C=O) groups excluding carboxylic acids is 2. The zero-order valence-electron chi connectivity index (χ0n) is 16.6. The van der Waals surface area contributed by atoms with Gasteiger partial charge in [-0.25, -0.2) is 27.4 Å². The van der Waals surface area contributed by atoms with E-state index >= 15 is 0 Å². The van der Waals surface area contributed by atoms with E-state index in [9.17, 15) is 22.4 Å². The predicted molar refractivity (Wildman–Crippen MR) is 105 cm³/mol. The van der Waals surface area contributed by atoms with Gasteiger partial charge >= 0.3 is 11.9 Å². The van der Waals surface area contributed by atoms with Crippen LogP contribution in [0.5, 0.6) is 0 Å². The summed E-state index contributed by atoms with van der Waals surface area (Å²) in [6.07, 6.45) is 0.899. The Hall–Kier alpha value is -3.01. The molecule has 2 rings (SSSR count). The van der Waals surface area contributed by atoms with Gasteiger partial charge in [0.2, 0.25) is 10.0 Å². The molecule has 0 aliphatic carbocycles. The second-order valence-corrected chi connectivity index (χ2v) is 8.24. The van der Waals surface area contributed by atoms with Gasteiger partial charge in [0.25, 0.3) is 0 Å². The Morgan fingerprint density at radius 3 is 2.00 bits per heavy atom. The summed E-state index contributed by atoms with van der Waals surface area (Å²) in [5, 5.41) is 0. The van der Waals surface area contributed by atoms with E-state index in [1.165, 1.54) is 19.2 Å². The lowest BCUT2D eigenvalue weighted by Crippen LogP contribution is -2.21. The van der Waals surface area contributed by atoms with E-state index in [-0.39, 0.29) is 39.7 Å². The van der Waals surface area contributed by atoms with Crippen LogP contribution in [-0.2, 0) is 19.5 Å². The number of ether oxygens (including phenoxy) is 2. The van der Waals surface area contributed by atoms with Crippen LogP contribution in [0.15, 0.2) is 24.3 Å². The number of halogens is 1. The van der Waals surface area contributed by atoms with Crippen molar-refractivity contribution in [3.8, 4) is 11.1 Å². The molecule has 1 N–H and O–H groups in total. The van der Waals surface area contributed by atoms with Gasteiger partial charge in [-0.3, -0.25) is 4.72 Å². The maximum absolute atomic E-state index is 13.5. The lowest BCUT2D eigenvalue weighted by atomic mass is 9.90. The number of nitrogens with zero attached hydrogens (tertiary/aromatic N) is 1. The fourth-order valence-electron chi connectivity index (χ4n) is 2.79. The van der Waals surface area contributed by atoms with Gasteiger partial charge in [-0.15, -0.1) is 0 Å². The molecule has 0 saturated heterocycles. The molecule has 1 heterocycles. The number of carbonyl (C=O) groups is 2. The van der Waals surface area contributed by atoms with Crippen LogP contribution < -0.4 is 4.72 Å². The molecule has 0 bridgehead atoms. The number of nitrogens with one attached hydrogen (secondary N) is 1. The van der Waals surface area contributed by atoms with Gasteiger partial charge in [0.15, 0.2) is 5.82 Å². The van der Waals surface area contributed by atoms with Crippen molar-refractivity contribution in [2.75, 3.05) is 25.2 Å². The van der Waals surface area contributed by atoms with Gasteiger partial charge < -0.3 is 9.47 Å². The Morgan fingerprint density at radius 2 is 1.55 bits per heavy atom. The molecule has 29 heavy (non-hydrogen) atoms. The molecule has 0 spiro atoms. The lowest BCUT2D eigenvalue weighted by molar-refractivity contribution is 0.0599. The quantitative estimate of drug-likeness (QED) is 0.710. The number of anilines is 1. The molecule has 0 unspecified atom stereocenters. The Bertz CT molecular complexity index is 1050. The first-order valence-corrected chi connectivity index (χ1v) is 10.4. The van der Waals surface area contributed by atoms with Crippen LogP contribution in [0.1, 0.15) is 46.2 Å². The van der Waals surface area contributed by atoms with Gasteiger partial charge in [0.1, 0.15) is 11.4 Å². The fraction of sp³-hybridized carbons (Fsp3) is 0.316. The molecule has 0 amide bonds. The number of aromatic nitrogens is 1. The third-order valence-electron chi connectivity index (χ3n) is 3.97. The highest BCUT2D eigenvalue weighted by Crippen LogP contribution is 2.37. The van der Waals surface area contributed by atoms with E-state index in [4.69, 9.17) is 9.47 Å². The molecular formula is C19H21FN2O6S. The maximum Gasteiger partial charge on any atom is 0.342 e. The maximum atomic E-state index is 13.5. The number of hydrogen-bond acceptors (Lipinski definition) is 7. The molecule has 0 fully saturated rings. The summed E-state index contributed by atoms with van der Waals surface area (Å²) in [6.45, 7) is 3.48. The molecule has 0 aliphatic heterocycles. The summed E-state index contributed by atoms with van der Waals surface area (Å²) in [5.74, 6) is -2.87. The molecule has 10 heteroatoms. The molecule has 1 aromatic carbocycles. The van der Waals surface area contributed by atoms with Gasteiger partial charge in [-0.05, 0) is 23.6 Å². The third-order valence-corrected chi connectivity index (χ3v) is 4.53. The molecule has 8 nitrogen and oxygen atoms in total. The van der Waals surface area contributed by atoms with Crippen molar-refractivity contribution in [2.45, 2.75) is 19.8 Å².